The standard InChI is InChI=1S/C13H25N3O3S/c1-11-5-2-3-6-15(11)7-4-8-16-10-12(9-13(16)17)20(14,18)19/h11-12H,2-10H2,1H3,(H2,14,18,19). The summed E-state index contributed by atoms with van der Waals surface area (Å²) in [5.41, 5.74) is 0. The molecule has 0 aromatic heterocycles. The molecule has 2 heterocycles. The molecule has 0 spiro atoms. The summed E-state index contributed by atoms with van der Waals surface area (Å²) in [5.74, 6) is -0.0873. The number of piperidine rings is 1. The fraction of sp³-hybridized carbons (Fsp3) is 0.923. The summed E-state index contributed by atoms with van der Waals surface area (Å²) in [7, 11) is -3.60. The molecule has 116 valence electrons. The van der Waals surface area contributed by atoms with Crippen molar-refractivity contribution in [3.8, 4) is 0 Å². The van der Waals surface area contributed by atoms with E-state index in [1.54, 1.807) is 4.90 Å². The van der Waals surface area contributed by atoms with Gasteiger partial charge in [0.25, 0.3) is 0 Å². The van der Waals surface area contributed by atoms with Gasteiger partial charge in [-0.05, 0) is 32.7 Å². The number of likely N-dealkylation sites (tertiary alicyclic amines) is 2. The predicted octanol–water partition coefficient (Wildman–Crippen LogP) is 0.140. The molecule has 2 N–H and O–H groups in total. The van der Waals surface area contributed by atoms with Crippen LogP contribution in [0.25, 0.3) is 0 Å². The number of sulfonamides is 1. The molecule has 0 radical (unpaired) electrons. The van der Waals surface area contributed by atoms with E-state index in [1.165, 1.54) is 19.3 Å². The van der Waals surface area contributed by atoms with Crippen LogP contribution in [0.15, 0.2) is 0 Å². The Kier molecular flexibility index (Phi) is 5.04. The first-order valence-electron chi connectivity index (χ1n) is 7.41. The largest absolute Gasteiger partial charge is 0.341 e. The Hall–Kier alpha value is -0.660. The highest BCUT2D eigenvalue weighted by atomic mass is 32.2. The molecule has 6 nitrogen and oxygen atoms in total. The molecule has 0 aromatic carbocycles. The number of hydrogen-bond acceptors (Lipinski definition) is 4. The molecule has 0 bridgehead atoms. The van der Waals surface area contributed by atoms with E-state index in [1.807, 2.05) is 0 Å². The lowest BCUT2D eigenvalue weighted by atomic mass is 10.0. The van der Waals surface area contributed by atoms with Crippen molar-refractivity contribution in [2.45, 2.75) is 50.3 Å². The van der Waals surface area contributed by atoms with Crippen LogP contribution >= 0.6 is 0 Å². The lowest BCUT2D eigenvalue weighted by Crippen LogP contribution is -2.39. The minimum atomic E-state index is -3.60. The second-order valence-electron chi connectivity index (χ2n) is 5.99. The van der Waals surface area contributed by atoms with E-state index in [9.17, 15) is 13.2 Å². The summed E-state index contributed by atoms with van der Waals surface area (Å²) in [4.78, 5) is 15.9. The fourth-order valence-electron chi connectivity index (χ4n) is 3.13. The summed E-state index contributed by atoms with van der Waals surface area (Å²) < 4.78 is 22.6. The molecular formula is C13H25N3O3S. The third kappa shape index (κ3) is 3.93. The first-order valence-corrected chi connectivity index (χ1v) is 9.02. The number of carbonyl (C=O) groups is 1. The van der Waals surface area contributed by atoms with Crippen molar-refractivity contribution in [2.24, 2.45) is 5.14 Å². The fourth-order valence-corrected chi connectivity index (χ4v) is 3.89. The lowest BCUT2D eigenvalue weighted by Gasteiger charge is -2.33. The summed E-state index contributed by atoms with van der Waals surface area (Å²) in [6.45, 7) is 5.25. The third-order valence-corrected chi connectivity index (χ3v) is 5.70. The van der Waals surface area contributed by atoms with Crippen LogP contribution < -0.4 is 5.14 Å². The summed E-state index contributed by atoms with van der Waals surface area (Å²) in [6, 6.07) is 0.621. The van der Waals surface area contributed by atoms with Crippen LogP contribution in [0.1, 0.15) is 39.0 Å². The highest BCUT2D eigenvalue weighted by molar-refractivity contribution is 7.89. The van der Waals surface area contributed by atoms with Gasteiger partial charge < -0.3 is 9.80 Å². The normalized spacial score (nSPS) is 29.1. The minimum Gasteiger partial charge on any atom is -0.341 e. The van der Waals surface area contributed by atoms with Crippen molar-refractivity contribution in [1.29, 1.82) is 0 Å². The molecule has 0 aromatic rings. The monoisotopic (exact) mass is 303 g/mol. The van der Waals surface area contributed by atoms with E-state index >= 15 is 0 Å². The van der Waals surface area contributed by atoms with E-state index in [0.717, 1.165) is 19.5 Å². The zero-order valence-corrected chi connectivity index (χ0v) is 12.9. The smallest absolute Gasteiger partial charge is 0.224 e. The van der Waals surface area contributed by atoms with Crippen LogP contribution in [0, 0.1) is 0 Å². The van der Waals surface area contributed by atoms with Gasteiger partial charge >= 0.3 is 0 Å². The zero-order valence-electron chi connectivity index (χ0n) is 12.1. The molecule has 1 amide bonds. The molecular weight excluding hydrogens is 278 g/mol. The molecule has 2 unspecified atom stereocenters. The molecule has 2 rings (SSSR count). The summed E-state index contributed by atoms with van der Waals surface area (Å²) in [5, 5.41) is 4.40. The number of carbonyl (C=O) groups excluding carboxylic acids is 1. The van der Waals surface area contributed by atoms with Gasteiger partial charge in [0.05, 0.1) is 0 Å². The Labute approximate surface area is 121 Å². The Bertz CT molecular complexity index is 452. The molecule has 2 fully saturated rings. The van der Waals surface area contributed by atoms with Gasteiger partial charge in [-0.15, -0.1) is 0 Å². The third-order valence-electron chi connectivity index (χ3n) is 4.46. The van der Waals surface area contributed by atoms with Crippen LogP contribution in [0.3, 0.4) is 0 Å². The maximum Gasteiger partial charge on any atom is 0.224 e. The molecule has 0 aliphatic carbocycles. The van der Waals surface area contributed by atoms with Gasteiger partial charge in [-0.3, -0.25) is 4.79 Å². The highest BCUT2D eigenvalue weighted by Gasteiger charge is 2.36. The number of primary sulfonamides is 1. The number of nitrogens with zero attached hydrogens (tertiary/aromatic N) is 2. The Morgan fingerprint density at radius 1 is 1.30 bits per heavy atom. The second kappa shape index (κ2) is 6.41. The number of nitrogens with two attached hydrogens (primary N) is 1. The van der Waals surface area contributed by atoms with Crippen molar-refractivity contribution in [2.75, 3.05) is 26.2 Å². The topological polar surface area (TPSA) is 83.7 Å². The van der Waals surface area contributed by atoms with Crippen LogP contribution in [0.4, 0.5) is 0 Å². The molecule has 20 heavy (non-hydrogen) atoms. The Balaban J connectivity index is 1.76. The van der Waals surface area contributed by atoms with E-state index in [-0.39, 0.29) is 18.9 Å². The van der Waals surface area contributed by atoms with E-state index in [4.69, 9.17) is 5.14 Å². The van der Waals surface area contributed by atoms with E-state index in [2.05, 4.69) is 11.8 Å². The number of amides is 1. The SMILES string of the molecule is CC1CCCCN1CCCN1CC(S(N)(=O)=O)CC1=O. The van der Waals surface area contributed by atoms with Crippen LogP contribution in [-0.4, -0.2) is 61.6 Å². The van der Waals surface area contributed by atoms with Crippen LogP contribution in [0.2, 0.25) is 0 Å². The highest BCUT2D eigenvalue weighted by Crippen LogP contribution is 2.19. The quantitative estimate of drug-likeness (QED) is 0.783. The van der Waals surface area contributed by atoms with Gasteiger partial charge in [0.15, 0.2) is 0 Å². The van der Waals surface area contributed by atoms with Gasteiger partial charge in [0, 0.05) is 32.1 Å². The first kappa shape index (κ1) is 15.7. The predicted molar refractivity (Wildman–Crippen MR) is 77.6 cm³/mol. The molecule has 2 saturated heterocycles. The van der Waals surface area contributed by atoms with Crippen molar-refractivity contribution < 1.29 is 13.2 Å². The van der Waals surface area contributed by atoms with E-state index in [0.29, 0.717) is 12.6 Å². The average molecular weight is 303 g/mol. The van der Waals surface area contributed by atoms with Crippen molar-refractivity contribution in [3.05, 3.63) is 0 Å². The number of rotatable bonds is 5. The maximum atomic E-state index is 11.8. The van der Waals surface area contributed by atoms with Gasteiger partial charge in [-0.2, -0.15) is 0 Å². The lowest BCUT2D eigenvalue weighted by molar-refractivity contribution is -0.127. The van der Waals surface area contributed by atoms with Crippen LogP contribution in [-0.2, 0) is 14.8 Å². The van der Waals surface area contributed by atoms with Crippen molar-refractivity contribution in [1.82, 2.24) is 9.80 Å². The average Bonchev–Trinajstić information content (AvgIpc) is 2.73. The van der Waals surface area contributed by atoms with Crippen molar-refractivity contribution >= 4 is 15.9 Å². The second-order valence-corrected chi connectivity index (χ2v) is 7.83. The van der Waals surface area contributed by atoms with E-state index < -0.39 is 15.3 Å². The molecule has 2 aliphatic rings. The summed E-state index contributed by atoms with van der Waals surface area (Å²) >= 11 is 0. The molecule has 2 atom stereocenters. The number of hydrogen-bond donors (Lipinski definition) is 1. The molecule has 2 aliphatic heterocycles. The zero-order chi connectivity index (χ0) is 14.8. The summed E-state index contributed by atoms with van der Waals surface area (Å²) in [6.07, 6.45) is 4.74. The van der Waals surface area contributed by atoms with Gasteiger partial charge in [0.1, 0.15) is 5.25 Å². The van der Waals surface area contributed by atoms with Gasteiger partial charge in [-0.25, -0.2) is 13.6 Å². The Morgan fingerprint density at radius 3 is 2.65 bits per heavy atom. The molecule has 7 heteroatoms. The van der Waals surface area contributed by atoms with Crippen LogP contribution in [0.5, 0.6) is 0 Å². The van der Waals surface area contributed by atoms with Crippen molar-refractivity contribution in [3.63, 3.8) is 0 Å². The maximum absolute atomic E-state index is 11.8. The first-order chi connectivity index (χ1) is 9.38. The van der Waals surface area contributed by atoms with Gasteiger partial charge in [-0.1, -0.05) is 6.42 Å². The molecule has 0 saturated carbocycles. The Morgan fingerprint density at radius 2 is 2.05 bits per heavy atom. The minimum absolute atomic E-state index is 0.0406. The van der Waals surface area contributed by atoms with Gasteiger partial charge in [0.2, 0.25) is 15.9 Å².